The molecule has 0 saturated carbocycles. The van der Waals surface area contributed by atoms with E-state index in [0.29, 0.717) is 0 Å². The summed E-state index contributed by atoms with van der Waals surface area (Å²) in [5.74, 6) is -0.767. The molecular weight excluding hydrogens is 206 g/mol. The minimum Gasteiger partial charge on any atom is -0.465 e. The highest BCUT2D eigenvalue weighted by Crippen LogP contribution is 2.15. The summed E-state index contributed by atoms with van der Waals surface area (Å²) >= 11 is 0. The molecule has 0 fully saturated rings. The van der Waals surface area contributed by atoms with E-state index in [4.69, 9.17) is 5.14 Å². The monoisotopic (exact) mass is 214 g/mol. The molecule has 1 aromatic rings. The third-order valence-corrected chi connectivity index (χ3v) is 2.52. The van der Waals surface area contributed by atoms with Crippen LogP contribution in [0.5, 0.6) is 0 Å². The molecule has 0 heterocycles. The number of methoxy groups -OCH3 is 1. The summed E-state index contributed by atoms with van der Waals surface area (Å²) in [7, 11) is -2.99. The fourth-order valence-corrected chi connectivity index (χ4v) is 1.68. The van der Waals surface area contributed by atoms with Crippen LogP contribution in [-0.4, -0.2) is 21.5 Å². The van der Waals surface area contributed by atoms with Gasteiger partial charge in [0.05, 0.1) is 17.6 Å². The summed E-state index contributed by atoms with van der Waals surface area (Å²) in [6.45, 7) is 0. The zero-order chi connectivity index (χ0) is 10.8. The van der Waals surface area contributed by atoms with E-state index in [1.165, 1.54) is 24.3 Å². The summed E-state index contributed by atoms with van der Waals surface area (Å²) < 4.78 is 26.3. The van der Waals surface area contributed by atoms with Crippen LogP contribution in [0.25, 0.3) is 0 Å². The van der Waals surface area contributed by atoms with Crippen molar-refractivity contribution in [3.05, 3.63) is 29.8 Å². The summed E-state index contributed by atoms with van der Waals surface area (Å²) in [5.41, 5.74) is -0.120. The Labute approximate surface area is 81.5 Å². The molecule has 0 amide bonds. The minimum absolute atomic E-state index is 0.120. The van der Waals surface area contributed by atoms with Gasteiger partial charge in [-0.05, 0) is 12.1 Å². The first-order valence-corrected chi connectivity index (χ1v) is 5.12. The molecule has 0 unspecified atom stereocenters. The molecule has 6 heteroatoms. The predicted octanol–water partition coefficient (Wildman–Crippen LogP) is 0.445. The lowest BCUT2D eigenvalue weighted by Gasteiger charge is -2.03. The van der Waals surface area contributed by atoms with Gasteiger partial charge >= 0.3 is 5.97 Å². The zero-order valence-electron chi connectivity index (χ0n) is 7.35. The zero-order valence-corrected chi connectivity index (χ0v) is 8.17. The SMILES string of the molecule is COC(=O)c1ccccc1S([NH])(=O)=O. The molecule has 1 aromatic carbocycles. The maximum atomic E-state index is 11.1. The Kier molecular flexibility index (Phi) is 2.87. The quantitative estimate of drug-likeness (QED) is 0.669. The molecule has 75 valence electrons. The number of rotatable bonds is 2. The topological polar surface area (TPSA) is 84.2 Å². The van der Waals surface area contributed by atoms with E-state index in [1.54, 1.807) is 0 Å². The second-order valence-electron chi connectivity index (χ2n) is 2.49. The van der Waals surface area contributed by atoms with Gasteiger partial charge in [-0.1, -0.05) is 12.1 Å². The number of carbonyl (C=O) groups excluding carboxylic acids is 1. The van der Waals surface area contributed by atoms with Crippen molar-refractivity contribution in [2.45, 2.75) is 4.90 Å². The molecule has 0 atom stereocenters. The van der Waals surface area contributed by atoms with Crippen LogP contribution in [0, 0.1) is 0 Å². The van der Waals surface area contributed by atoms with Crippen LogP contribution in [0.3, 0.4) is 0 Å². The molecule has 0 aliphatic carbocycles. The van der Waals surface area contributed by atoms with Crippen molar-refractivity contribution in [2.75, 3.05) is 7.11 Å². The number of esters is 1. The highest BCUT2D eigenvalue weighted by atomic mass is 32.2. The van der Waals surface area contributed by atoms with Gasteiger partial charge in [0.2, 0.25) is 0 Å². The molecule has 0 spiro atoms. The number of carbonyl (C=O) groups is 1. The van der Waals surface area contributed by atoms with E-state index in [-0.39, 0.29) is 10.5 Å². The first-order valence-electron chi connectivity index (χ1n) is 3.64. The fraction of sp³-hybridized carbons (Fsp3) is 0.125. The Morgan fingerprint density at radius 2 is 1.93 bits per heavy atom. The lowest BCUT2D eigenvalue weighted by molar-refractivity contribution is 0.0596. The first-order chi connectivity index (χ1) is 6.46. The van der Waals surface area contributed by atoms with Crippen molar-refractivity contribution < 1.29 is 17.9 Å². The highest BCUT2D eigenvalue weighted by Gasteiger charge is 2.19. The van der Waals surface area contributed by atoms with E-state index < -0.39 is 16.0 Å². The van der Waals surface area contributed by atoms with Crippen molar-refractivity contribution in [2.24, 2.45) is 0 Å². The van der Waals surface area contributed by atoms with Crippen LogP contribution in [0.1, 0.15) is 10.4 Å². The molecular formula is C8H8NO4S. The number of sulfonamides is 1. The van der Waals surface area contributed by atoms with E-state index in [0.717, 1.165) is 7.11 Å². The second kappa shape index (κ2) is 3.77. The van der Waals surface area contributed by atoms with Gasteiger partial charge in [-0.3, -0.25) is 0 Å². The number of ether oxygens (including phenoxy) is 1. The molecule has 0 bridgehead atoms. The summed E-state index contributed by atoms with van der Waals surface area (Å²) in [4.78, 5) is 10.8. The van der Waals surface area contributed by atoms with Gasteiger partial charge in [0.25, 0.3) is 10.0 Å². The molecule has 0 aliphatic rings. The third-order valence-electron chi connectivity index (χ3n) is 1.58. The van der Waals surface area contributed by atoms with Crippen molar-refractivity contribution in [3.8, 4) is 0 Å². The normalized spacial score (nSPS) is 11.0. The van der Waals surface area contributed by atoms with Crippen LogP contribution < -0.4 is 5.14 Å². The molecule has 0 aromatic heterocycles. The van der Waals surface area contributed by atoms with Crippen molar-refractivity contribution >= 4 is 16.0 Å². The van der Waals surface area contributed by atoms with E-state index in [9.17, 15) is 13.2 Å². The Hall–Kier alpha value is -1.40. The van der Waals surface area contributed by atoms with Crippen LogP contribution >= 0.6 is 0 Å². The van der Waals surface area contributed by atoms with Gasteiger partial charge in [0, 0.05) is 0 Å². The standard InChI is InChI=1S/C8H8NO4S/c1-13-8(10)6-4-2-3-5-7(6)14(9,11)12/h2-5,9H,1H3. The highest BCUT2D eigenvalue weighted by molar-refractivity contribution is 7.88. The average Bonchev–Trinajstić information content (AvgIpc) is 2.15. The first kappa shape index (κ1) is 10.7. The Bertz CT molecular complexity index is 452. The van der Waals surface area contributed by atoms with Crippen LogP contribution in [0.15, 0.2) is 29.2 Å². The number of hydrogen-bond acceptors (Lipinski definition) is 4. The number of hydrogen-bond donors (Lipinski definition) is 0. The van der Waals surface area contributed by atoms with Gasteiger partial charge in [0.15, 0.2) is 0 Å². The van der Waals surface area contributed by atoms with E-state index in [1.807, 2.05) is 0 Å². The van der Waals surface area contributed by atoms with Crippen molar-refractivity contribution in [1.82, 2.24) is 5.14 Å². The smallest absolute Gasteiger partial charge is 0.339 e. The Balaban J connectivity index is 3.38. The van der Waals surface area contributed by atoms with Gasteiger partial charge in [-0.2, -0.15) is 0 Å². The maximum Gasteiger partial charge on any atom is 0.339 e. The van der Waals surface area contributed by atoms with Crippen LogP contribution in [-0.2, 0) is 14.8 Å². The van der Waals surface area contributed by atoms with Crippen LogP contribution in [0.4, 0.5) is 0 Å². The Morgan fingerprint density at radius 3 is 2.43 bits per heavy atom. The summed E-state index contributed by atoms with van der Waals surface area (Å²) in [6.07, 6.45) is 0. The van der Waals surface area contributed by atoms with Gasteiger partial charge in [-0.15, -0.1) is 5.14 Å². The molecule has 1 N–H and O–H groups in total. The van der Waals surface area contributed by atoms with Gasteiger partial charge in [0.1, 0.15) is 0 Å². The van der Waals surface area contributed by atoms with Crippen LogP contribution in [0.2, 0.25) is 0 Å². The summed E-state index contributed by atoms with van der Waals surface area (Å²) in [5, 5.41) is 6.85. The number of benzene rings is 1. The molecule has 14 heavy (non-hydrogen) atoms. The summed E-state index contributed by atoms with van der Waals surface area (Å²) in [6, 6.07) is 5.43. The van der Waals surface area contributed by atoms with Crippen molar-refractivity contribution in [1.29, 1.82) is 0 Å². The minimum atomic E-state index is -4.14. The fourth-order valence-electron chi connectivity index (χ4n) is 0.980. The molecule has 0 aliphatic heterocycles. The average molecular weight is 214 g/mol. The Morgan fingerprint density at radius 1 is 1.36 bits per heavy atom. The second-order valence-corrected chi connectivity index (χ2v) is 3.94. The third kappa shape index (κ3) is 2.09. The number of nitrogens with one attached hydrogen (secondary N) is 1. The van der Waals surface area contributed by atoms with Gasteiger partial charge < -0.3 is 4.74 Å². The molecule has 1 rings (SSSR count). The molecule has 1 radical (unpaired) electrons. The molecule has 0 saturated heterocycles. The maximum absolute atomic E-state index is 11.1. The lowest BCUT2D eigenvalue weighted by Crippen LogP contribution is -2.10. The van der Waals surface area contributed by atoms with Gasteiger partial charge in [-0.25, -0.2) is 13.2 Å². The van der Waals surface area contributed by atoms with E-state index >= 15 is 0 Å². The van der Waals surface area contributed by atoms with Crippen molar-refractivity contribution in [3.63, 3.8) is 0 Å². The van der Waals surface area contributed by atoms with E-state index in [2.05, 4.69) is 4.74 Å². The lowest BCUT2D eigenvalue weighted by atomic mass is 10.2. The largest absolute Gasteiger partial charge is 0.465 e. The molecule has 5 nitrogen and oxygen atoms in total. The predicted molar refractivity (Wildman–Crippen MR) is 48.1 cm³/mol.